The lowest BCUT2D eigenvalue weighted by molar-refractivity contribution is -0.137. The predicted octanol–water partition coefficient (Wildman–Crippen LogP) is 3.14. The molecule has 1 heterocycles. The van der Waals surface area contributed by atoms with E-state index in [9.17, 15) is 19.2 Å². The topological polar surface area (TPSA) is 86.8 Å². The van der Waals surface area contributed by atoms with Crippen molar-refractivity contribution >= 4 is 45.2 Å². The number of halogens is 1. The normalized spacial score (nSPS) is 16.2. The first-order valence-electron chi connectivity index (χ1n) is 9.28. The van der Waals surface area contributed by atoms with E-state index in [0.29, 0.717) is 15.7 Å². The number of nitrogens with zero attached hydrogens (tertiary/aromatic N) is 2. The van der Waals surface area contributed by atoms with Crippen LogP contribution in [0.15, 0.2) is 65.2 Å². The summed E-state index contributed by atoms with van der Waals surface area (Å²) in [4.78, 5) is 52.1. The number of carbonyl (C=O) groups is 4. The van der Waals surface area contributed by atoms with Gasteiger partial charge in [0.25, 0.3) is 17.7 Å². The van der Waals surface area contributed by atoms with Crippen LogP contribution >= 0.6 is 15.9 Å². The van der Waals surface area contributed by atoms with Crippen LogP contribution < -0.4 is 10.3 Å². The largest absolute Gasteiger partial charge is 0.274 e. The van der Waals surface area contributed by atoms with Gasteiger partial charge in [-0.1, -0.05) is 35.9 Å². The Bertz CT molecular complexity index is 1030. The maximum absolute atomic E-state index is 13.1. The first kappa shape index (κ1) is 21.4. The summed E-state index contributed by atoms with van der Waals surface area (Å²) in [5, 5.41) is 0.927. The summed E-state index contributed by atoms with van der Waals surface area (Å²) < 4.78 is 0.538. The van der Waals surface area contributed by atoms with Gasteiger partial charge in [0.15, 0.2) is 0 Å². The Balaban J connectivity index is 1.90. The zero-order chi connectivity index (χ0) is 21.8. The lowest BCUT2D eigenvalue weighted by Crippen LogP contribution is -2.54. The van der Waals surface area contributed by atoms with Crippen LogP contribution in [0.25, 0.3) is 0 Å². The first-order chi connectivity index (χ1) is 14.3. The van der Waals surface area contributed by atoms with E-state index in [0.717, 1.165) is 15.5 Å². The molecule has 1 aliphatic rings. The highest BCUT2D eigenvalue weighted by Gasteiger charge is 2.45. The van der Waals surface area contributed by atoms with E-state index in [1.54, 1.807) is 55.5 Å². The minimum atomic E-state index is -1.14. The Kier molecular flexibility index (Phi) is 6.47. The molecular formula is C22H20BrN3O4. The number of amides is 4. The molecular weight excluding hydrogens is 450 g/mol. The van der Waals surface area contributed by atoms with Crippen LogP contribution in [0.3, 0.4) is 0 Å². The third-order valence-corrected chi connectivity index (χ3v) is 5.31. The summed E-state index contributed by atoms with van der Waals surface area (Å²) in [6.45, 7) is 3.54. The van der Waals surface area contributed by atoms with Crippen LogP contribution in [0.5, 0.6) is 0 Å². The first-order valence-corrected chi connectivity index (χ1v) is 10.1. The molecule has 0 radical (unpaired) electrons. The fraction of sp³-hybridized carbons (Fsp3) is 0.182. The Hall–Kier alpha value is -3.26. The Morgan fingerprint density at radius 3 is 2.43 bits per heavy atom. The van der Waals surface area contributed by atoms with E-state index < -0.39 is 29.7 Å². The summed E-state index contributed by atoms with van der Waals surface area (Å²) in [5.41, 5.74) is 4.20. The van der Waals surface area contributed by atoms with Crippen LogP contribution in [-0.2, 0) is 14.4 Å². The minimum absolute atomic E-state index is 0.230. The van der Waals surface area contributed by atoms with E-state index >= 15 is 0 Å². The number of hydrogen-bond acceptors (Lipinski definition) is 4. The highest BCUT2D eigenvalue weighted by Crippen LogP contribution is 2.26. The zero-order valence-electron chi connectivity index (χ0n) is 16.5. The van der Waals surface area contributed by atoms with E-state index in [4.69, 9.17) is 0 Å². The van der Waals surface area contributed by atoms with Gasteiger partial charge in [-0.2, -0.15) is 0 Å². The van der Waals surface area contributed by atoms with Crippen molar-refractivity contribution in [1.82, 2.24) is 10.4 Å². The highest BCUT2D eigenvalue weighted by molar-refractivity contribution is 9.10. The van der Waals surface area contributed by atoms with Gasteiger partial charge in [-0.3, -0.25) is 24.6 Å². The molecule has 1 fully saturated rings. The number of carbonyl (C=O) groups excluding carboxylic acids is 4. The number of imide groups is 1. The Morgan fingerprint density at radius 1 is 1.13 bits per heavy atom. The predicted molar refractivity (Wildman–Crippen MR) is 115 cm³/mol. The third kappa shape index (κ3) is 4.33. The van der Waals surface area contributed by atoms with Crippen LogP contribution in [0.4, 0.5) is 5.69 Å². The molecule has 4 amide bonds. The molecule has 0 spiro atoms. The third-order valence-electron chi connectivity index (χ3n) is 4.61. The second-order valence-corrected chi connectivity index (χ2v) is 7.61. The summed E-state index contributed by atoms with van der Waals surface area (Å²) in [7, 11) is 0. The Labute approximate surface area is 182 Å². The summed E-state index contributed by atoms with van der Waals surface area (Å²) >= 11 is 3.30. The van der Waals surface area contributed by atoms with E-state index in [1.165, 1.54) is 12.2 Å². The second kappa shape index (κ2) is 9.04. The van der Waals surface area contributed by atoms with Crippen molar-refractivity contribution in [3.05, 3.63) is 76.3 Å². The Morgan fingerprint density at radius 2 is 1.80 bits per heavy atom. The van der Waals surface area contributed by atoms with Gasteiger partial charge >= 0.3 is 0 Å². The molecule has 0 saturated carbocycles. The lowest BCUT2D eigenvalue weighted by atomic mass is 10.2. The van der Waals surface area contributed by atoms with E-state index in [2.05, 4.69) is 21.4 Å². The number of nitrogens with one attached hydrogen (secondary N) is 1. The van der Waals surface area contributed by atoms with Crippen LogP contribution in [-0.4, -0.2) is 34.7 Å². The zero-order valence-corrected chi connectivity index (χ0v) is 18.0. The maximum atomic E-state index is 13.1. The molecule has 0 aliphatic carbocycles. The molecule has 30 heavy (non-hydrogen) atoms. The van der Waals surface area contributed by atoms with Crippen molar-refractivity contribution in [2.75, 3.05) is 4.90 Å². The van der Waals surface area contributed by atoms with Gasteiger partial charge in [0.2, 0.25) is 5.91 Å². The van der Waals surface area contributed by atoms with Gasteiger partial charge in [0.1, 0.15) is 6.04 Å². The number of aryl methyl sites for hydroxylation is 1. The van der Waals surface area contributed by atoms with Crippen molar-refractivity contribution in [2.45, 2.75) is 26.3 Å². The number of benzene rings is 2. The fourth-order valence-corrected chi connectivity index (χ4v) is 3.57. The summed E-state index contributed by atoms with van der Waals surface area (Å²) in [6.07, 6.45) is 2.50. The smallest absolute Gasteiger partial charge is 0.271 e. The lowest BCUT2D eigenvalue weighted by Gasteiger charge is -2.27. The van der Waals surface area contributed by atoms with Crippen molar-refractivity contribution in [2.24, 2.45) is 0 Å². The highest BCUT2D eigenvalue weighted by atomic mass is 79.9. The van der Waals surface area contributed by atoms with Gasteiger partial charge < -0.3 is 0 Å². The molecule has 1 N–H and O–H groups in total. The van der Waals surface area contributed by atoms with Gasteiger partial charge in [-0.05, 0) is 54.0 Å². The molecule has 2 aromatic rings. The van der Waals surface area contributed by atoms with Gasteiger partial charge in [-0.15, -0.1) is 0 Å². The molecule has 0 aromatic heterocycles. The van der Waals surface area contributed by atoms with Crippen molar-refractivity contribution in [3.8, 4) is 0 Å². The van der Waals surface area contributed by atoms with Crippen molar-refractivity contribution in [1.29, 1.82) is 0 Å². The van der Waals surface area contributed by atoms with Gasteiger partial charge in [-0.25, -0.2) is 9.91 Å². The number of anilines is 1. The van der Waals surface area contributed by atoms with E-state index in [1.807, 2.05) is 6.92 Å². The SMILES string of the molecule is CC=CC(=O)N(NC(=O)c1ccccc1Br)C1CC(=O)N(c2ccc(C)cc2)C1=O. The maximum Gasteiger partial charge on any atom is 0.271 e. The van der Waals surface area contributed by atoms with Crippen molar-refractivity contribution in [3.63, 3.8) is 0 Å². The van der Waals surface area contributed by atoms with Crippen molar-refractivity contribution < 1.29 is 19.2 Å². The monoisotopic (exact) mass is 469 g/mol. The molecule has 2 aromatic carbocycles. The average Bonchev–Trinajstić information content (AvgIpc) is 3.01. The van der Waals surface area contributed by atoms with Crippen LogP contribution in [0.1, 0.15) is 29.3 Å². The van der Waals surface area contributed by atoms with Crippen LogP contribution in [0, 0.1) is 6.92 Å². The molecule has 0 bridgehead atoms. The second-order valence-electron chi connectivity index (χ2n) is 6.75. The average molecular weight is 470 g/mol. The molecule has 154 valence electrons. The molecule has 1 atom stereocenters. The summed E-state index contributed by atoms with van der Waals surface area (Å²) in [5.74, 6) is -2.19. The molecule has 1 aliphatic heterocycles. The summed E-state index contributed by atoms with van der Waals surface area (Å²) in [6, 6.07) is 12.5. The number of allylic oxidation sites excluding steroid dienone is 1. The number of hydrogen-bond donors (Lipinski definition) is 1. The van der Waals surface area contributed by atoms with Gasteiger partial charge in [0, 0.05) is 10.5 Å². The molecule has 7 nitrogen and oxygen atoms in total. The standard InChI is InChI=1S/C22H20BrN3O4/c1-3-6-19(27)26(24-21(29)16-7-4-5-8-17(16)23)18-13-20(28)25(22(18)30)15-11-9-14(2)10-12-15/h3-12,18H,13H2,1-2H3,(H,24,29). The number of rotatable bonds is 4. The fourth-order valence-electron chi connectivity index (χ4n) is 3.11. The molecule has 3 rings (SSSR count). The molecule has 8 heteroatoms. The molecule has 1 unspecified atom stereocenters. The molecule has 1 saturated heterocycles. The minimum Gasteiger partial charge on any atom is -0.274 e. The van der Waals surface area contributed by atoms with E-state index in [-0.39, 0.29) is 6.42 Å². The van der Waals surface area contributed by atoms with Gasteiger partial charge in [0.05, 0.1) is 17.7 Å². The quantitative estimate of drug-likeness (QED) is 0.423. The van der Waals surface area contributed by atoms with Crippen LogP contribution in [0.2, 0.25) is 0 Å². The number of hydrazine groups is 1.